The first-order valence-electron chi connectivity index (χ1n) is 6.99. The minimum Gasteiger partial charge on any atom is -0.384 e. The van der Waals surface area contributed by atoms with Crippen LogP contribution in [-0.4, -0.2) is 31.6 Å². The number of hydrogen-bond acceptors (Lipinski definition) is 2. The van der Waals surface area contributed by atoms with Gasteiger partial charge in [-0.2, -0.15) is 13.2 Å². The molecule has 1 aliphatic heterocycles. The molecule has 1 fully saturated rings. The van der Waals surface area contributed by atoms with Crippen molar-refractivity contribution in [1.82, 2.24) is 4.90 Å². The van der Waals surface area contributed by atoms with Crippen molar-refractivity contribution < 1.29 is 13.2 Å². The summed E-state index contributed by atoms with van der Waals surface area (Å²) in [4.78, 5) is 2.25. The molecule has 1 saturated heterocycles. The maximum Gasteiger partial charge on any atom is 0.418 e. The van der Waals surface area contributed by atoms with Crippen molar-refractivity contribution in [1.29, 1.82) is 0 Å². The molecular weight excluding hydrogens is 345 g/mol. The molecule has 21 heavy (non-hydrogen) atoms. The summed E-state index contributed by atoms with van der Waals surface area (Å²) < 4.78 is 39.7. The van der Waals surface area contributed by atoms with E-state index >= 15 is 0 Å². The second kappa shape index (κ2) is 6.16. The number of halogens is 4. The highest BCUT2D eigenvalue weighted by atomic mass is 79.9. The normalized spacial score (nSPS) is 19.5. The molecule has 0 bridgehead atoms. The number of anilines is 1. The number of nitrogens with one attached hydrogen (secondary N) is 1. The molecule has 0 aliphatic carbocycles. The van der Waals surface area contributed by atoms with E-state index in [1.54, 1.807) is 6.07 Å². The number of likely N-dealkylation sites (tertiary alicyclic amines) is 1. The Hall–Kier alpha value is -0.750. The number of piperidine rings is 1. The molecule has 118 valence electrons. The Morgan fingerprint density at radius 3 is 2.48 bits per heavy atom. The van der Waals surface area contributed by atoms with Crippen LogP contribution in [0.15, 0.2) is 22.7 Å². The minimum absolute atomic E-state index is 0.0441. The van der Waals surface area contributed by atoms with Gasteiger partial charge in [0.1, 0.15) is 0 Å². The lowest BCUT2D eigenvalue weighted by molar-refractivity contribution is -0.137. The predicted molar refractivity (Wildman–Crippen MR) is 82.5 cm³/mol. The lowest BCUT2D eigenvalue weighted by Crippen LogP contribution is -2.40. The summed E-state index contributed by atoms with van der Waals surface area (Å²) in [5.41, 5.74) is -0.415. The molecule has 0 saturated carbocycles. The predicted octanol–water partition coefficient (Wildman–Crippen LogP) is 4.61. The highest BCUT2D eigenvalue weighted by Gasteiger charge is 2.35. The van der Waals surface area contributed by atoms with Crippen LogP contribution in [0.4, 0.5) is 18.9 Å². The molecule has 0 aromatic heterocycles. The molecule has 0 spiro atoms. The maximum atomic E-state index is 13.1. The van der Waals surface area contributed by atoms with Crippen molar-refractivity contribution in [2.45, 2.75) is 25.9 Å². The van der Waals surface area contributed by atoms with Crippen LogP contribution in [0.5, 0.6) is 0 Å². The number of hydrogen-bond donors (Lipinski definition) is 1. The van der Waals surface area contributed by atoms with Gasteiger partial charge in [-0.1, -0.05) is 22.9 Å². The minimum atomic E-state index is -4.35. The van der Waals surface area contributed by atoms with Gasteiger partial charge < -0.3 is 10.2 Å². The van der Waals surface area contributed by atoms with Gasteiger partial charge in [-0.25, -0.2) is 0 Å². The van der Waals surface area contributed by atoms with Crippen molar-refractivity contribution in [2.75, 3.05) is 32.0 Å². The van der Waals surface area contributed by atoms with Crippen LogP contribution in [0.25, 0.3) is 0 Å². The molecule has 0 unspecified atom stereocenters. The zero-order valence-corrected chi connectivity index (χ0v) is 13.8. The van der Waals surface area contributed by atoms with Gasteiger partial charge >= 0.3 is 6.18 Å². The third-order valence-electron chi connectivity index (χ3n) is 4.19. The lowest BCUT2D eigenvalue weighted by Gasteiger charge is -2.38. The molecule has 0 radical (unpaired) electrons. The van der Waals surface area contributed by atoms with Crippen LogP contribution < -0.4 is 5.32 Å². The monoisotopic (exact) mass is 364 g/mol. The summed E-state index contributed by atoms with van der Waals surface area (Å²) in [6.07, 6.45) is -2.36. The Labute approximate surface area is 131 Å². The van der Waals surface area contributed by atoms with Gasteiger partial charge in [0, 0.05) is 16.7 Å². The van der Waals surface area contributed by atoms with Crippen LogP contribution >= 0.6 is 15.9 Å². The van der Waals surface area contributed by atoms with Crippen LogP contribution in [0.2, 0.25) is 0 Å². The first-order valence-corrected chi connectivity index (χ1v) is 7.78. The Morgan fingerprint density at radius 2 is 1.90 bits per heavy atom. The lowest BCUT2D eigenvalue weighted by atomic mass is 9.80. The fourth-order valence-electron chi connectivity index (χ4n) is 2.55. The van der Waals surface area contributed by atoms with Gasteiger partial charge in [-0.15, -0.1) is 0 Å². The summed E-state index contributed by atoms with van der Waals surface area (Å²) in [6.45, 7) is 4.68. The summed E-state index contributed by atoms with van der Waals surface area (Å²) in [6, 6.07) is 4.25. The Morgan fingerprint density at radius 1 is 1.29 bits per heavy atom. The number of benzene rings is 1. The second-order valence-corrected chi connectivity index (χ2v) is 7.07. The summed E-state index contributed by atoms with van der Waals surface area (Å²) in [7, 11) is 2.07. The van der Waals surface area contributed by atoms with Crippen LogP contribution in [-0.2, 0) is 6.18 Å². The average Bonchev–Trinajstić information content (AvgIpc) is 2.40. The van der Waals surface area contributed by atoms with E-state index in [1.165, 1.54) is 6.07 Å². The molecule has 1 aromatic carbocycles. The van der Waals surface area contributed by atoms with Gasteiger partial charge in [-0.05, 0) is 56.6 Å². The number of nitrogens with zero attached hydrogens (tertiary/aromatic N) is 1. The quantitative estimate of drug-likeness (QED) is 0.842. The largest absolute Gasteiger partial charge is 0.418 e. The molecule has 1 aliphatic rings. The van der Waals surface area contributed by atoms with E-state index in [0.29, 0.717) is 11.0 Å². The highest BCUT2D eigenvalue weighted by molar-refractivity contribution is 9.10. The molecule has 1 aromatic rings. The zero-order valence-electron chi connectivity index (χ0n) is 12.2. The fourth-order valence-corrected chi connectivity index (χ4v) is 2.91. The van der Waals surface area contributed by atoms with Gasteiger partial charge in [0.05, 0.1) is 5.56 Å². The van der Waals surface area contributed by atoms with Gasteiger partial charge in [-0.3, -0.25) is 0 Å². The second-order valence-electron chi connectivity index (χ2n) is 6.16. The van der Waals surface area contributed by atoms with Crippen molar-refractivity contribution in [3.05, 3.63) is 28.2 Å². The van der Waals surface area contributed by atoms with Crippen molar-refractivity contribution in [3.63, 3.8) is 0 Å². The third kappa shape index (κ3) is 4.36. The topological polar surface area (TPSA) is 15.3 Å². The van der Waals surface area contributed by atoms with E-state index in [9.17, 15) is 13.2 Å². The van der Waals surface area contributed by atoms with Gasteiger partial charge in [0.15, 0.2) is 0 Å². The number of alkyl halides is 3. The van der Waals surface area contributed by atoms with E-state index in [1.807, 2.05) is 0 Å². The molecule has 6 heteroatoms. The van der Waals surface area contributed by atoms with Crippen molar-refractivity contribution in [3.8, 4) is 0 Å². The van der Waals surface area contributed by atoms with Gasteiger partial charge in [0.2, 0.25) is 0 Å². The first-order chi connectivity index (χ1) is 9.70. The molecular formula is C15H20BrF3N2. The van der Waals surface area contributed by atoms with Gasteiger partial charge in [0.25, 0.3) is 0 Å². The Kier molecular flexibility index (Phi) is 4.88. The summed E-state index contributed by atoms with van der Waals surface area (Å²) >= 11 is 3.10. The van der Waals surface area contributed by atoms with E-state index in [0.717, 1.165) is 32.0 Å². The van der Waals surface area contributed by atoms with E-state index in [4.69, 9.17) is 0 Å². The van der Waals surface area contributed by atoms with E-state index < -0.39 is 11.7 Å². The SMILES string of the molecule is CN1CCC(C)(CNc2ccc(Br)cc2C(F)(F)F)CC1. The third-order valence-corrected chi connectivity index (χ3v) is 4.68. The molecule has 1 N–H and O–H groups in total. The van der Waals surface area contributed by atoms with Crippen molar-refractivity contribution >= 4 is 21.6 Å². The standard InChI is InChI=1S/C15H20BrF3N2/c1-14(5-7-21(2)8-6-14)10-20-13-4-3-11(16)9-12(13)15(17,18)19/h3-4,9,20H,5-8,10H2,1-2H3. The Balaban J connectivity index is 2.10. The van der Waals surface area contributed by atoms with E-state index in [2.05, 4.69) is 40.1 Å². The molecule has 1 heterocycles. The maximum absolute atomic E-state index is 13.1. The van der Waals surface area contributed by atoms with Crippen LogP contribution in [0, 0.1) is 5.41 Å². The molecule has 2 rings (SSSR count). The van der Waals surface area contributed by atoms with E-state index in [-0.39, 0.29) is 11.1 Å². The van der Waals surface area contributed by atoms with Crippen LogP contribution in [0.3, 0.4) is 0 Å². The molecule has 2 nitrogen and oxygen atoms in total. The average molecular weight is 365 g/mol. The van der Waals surface area contributed by atoms with Crippen molar-refractivity contribution in [2.24, 2.45) is 5.41 Å². The molecule has 0 amide bonds. The highest BCUT2D eigenvalue weighted by Crippen LogP contribution is 2.38. The zero-order chi connectivity index (χ0) is 15.7. The Bertz CT molecular complexity index is 494. The number of rotatable bonds is 3. The summed E-state index contributed by atoms with van der Waals surface area (Å²) in [5.74, 6) is 0. The smallest absolute Gasteiger partial charge is 0.384 e. The fraction of sp³-hybridized carbons (Fsp3) is 0.600. The first kappa shape index (κ1) is 16.6. The molecule has 0 atom stereocenters. The summed E-state index contributed by atoms with van der Waals surface area (Å²) in [5, 5.41) is 3.01. The van der Waals surface area contributed by atoms with Crippen LogP contribution in [0.1, 0.15) is 25.3 Å².